The number of rotatable bonds is 6. The fraction of sp³-hybridized carbons (Fsp3) is 0.364. The smallest absolute Gasteiger partial charge is 0.224 e. The molecule has 1 fully saturated rings. The number of pyridine rings is 2. The number of anilines is 1. The van der Waals surface area contributed by atoms with Gasteiger partial charge in [-0.2, -0.15) is 5.10 Å². The number of carbonyl (C=O) groups is 1. The second kappa shape index (κ2) is 8.84. The molecule has 0 bridgehead atoms. The predicted molar refractivity (Wildman–Crippen MR) is 113 cm³/mol. The number of fused-ring (bicyclic) bond motifs is 1. The number of hydrogen-bond donors (Lipinski definition) is 2. The molecule has 0 aromatic carbocycles. The lowest BCUT2D eigenvalue weighted by molar-refractivity contribution is -0.116. The molecule has 7 nitrogen and oxygen atoms in total. The third kappa shape index (κ3) is 4.44. The van der Waals surface area contributed by atoms with E-state index in [1.54, 1.807) is 4.52 Å². The largest absolute Gasteiger partial charge is 0.326 e. The first-order chi connectivity index (χ1) is 14.2. The second-order valence-corrected chi connectivity index (χ2v) is 7.33. The lowest BCUT2D eigenvalue weighted by Crippen LogP contribution is -2.28. The van der Waals surface area contributed by atoms with E-state index in [1.807, 2.05) is 30.6 Å². The molecule has 0 radical (unpaired) electrons. The Morgan fingerprint density at radius 2 is 2.31 bits per heavy atom. The van der Waals surface area contributed by atoms with Gasteiger partial charge in [0, 0.05) is 48.4 Å². The number of nitrogens with zero attached hydrogens (tertiary/aromatic N) is 4. The fourth-order valence-corrected chi connectivity index (χ4v) is 3.73. The zero-order valence-corrected chi connectivity index (χ0v) is 16.3. The minimum Gasteiger partial charge on any atom is -0.326 e. The van der Waals surface area contributed by atoms with E-state index in [9.17, 15) is 4.79 Å². The van der Waals surface area contributed by atoms with Gasteiger partial charge in [-0.3, -0.25) is 9.78 Å². The number of carbonyl (C=O) groups excluding carboxylic acids is 1. The van der Waals surface area contributed by atoms with Crippen LogP contribution in [0.2, 0.25) is 0 Å². The van der Waals surface area contributed by atoms with Gasteiger partial charge in [-0.25, -0.2) is 11.1 Å². The summed E-state index contributed by atoms with van der Waals surface area (Å²) >= 11 is 0. The molecule has 4 heterocycles. The highest BCUT2D eigenvalue weighted by Crippen LogP contribution is 2.28. The van der Waals surface area contributed by atoms with E-state index in [4.69, 9.17) is 11.6 Å². The van der Waals surface area contributed by atoms with Crippen LogP contribution in [0.15, 0.2) is 42.7 Å². The monoisotopic (exact) mass is 388 g/mol. The molecule has 0 spiro atoms. The van der Waals surface area contributed by atoms with E-state index in [0.29, 0.717) is 25.3 Å². The van der Waals surface area contributed by atoms with Crippen LogP contribution in [-0.4, -0.2) is 40.1 Å². The van der Waals surface area contributed by atoms with Gasteiger partial charge in [0.25, 0.3) is 0 Å². The van der Waals surface area contributed by atoms with Crippen molar-refractivity contribution in [3.63, 3.8) is 0 Å². The predicted octanol–water partition coefficient (Wildman–Crippen LogP) is 3.50. The summed E-state index contributed by atoms with van der Waals surface area (Å²) in [4.78, 5) is 20.3. The molecule has 7 heteroatoms. The van der Waals surface area contributed by atoms with Crippen LogP contribution in [0.1, 0.15) is 37.3 Å². The van der Waals surface area contributed by atoms with Crippen LogP contribution >= 0.6 is 0 Å². The molecule has 1 amide bonds. The molecule has 1 aliphatic rings. The van der Waals surface area contributed by atoms with Gasteiger partial charge in [-0.15, -0.1) is 0 Å². The van der Waals surface area contributed by atoms with Crippen molar-refractivity contribution >= 4 is 17.1 Å². The normalized spacial score (nSPS) is 16.4. The quantitative estimate of drug-likeness (QED) is 0.501. The number of nitrogens with one attached hydrogen (secondary N) is 2. The minimum atomic E-state index is -0.0796. The maximum Gasteiger partial charge on any atom is 0.224 e. The van der Waals surface area contributed by atoms with Crippen molar-refractivity contribution in [2.75, 3.05) is 25.0 Å². The van der Waals surface area contributed by atoms with Crippen molar-refractivity contribution in [1.82, 2.24) is 19.9 Å². The van der Waals surface area contributed by atoms with E-state index in [0.717, 1.165) is 47.7 Å². The SMILES string of the molecule is [C-]#[N+]CCCC(=O)Nc1ccn2ncc(-c3cccc(C4CCCNC4)n3)c2c1. The highest BCUT2D eigenvalue weighted by Gasteiger charge is 2.18. The Bertz CT molecular complexity index is 1040. The number of piperidine rings is 1. The zero-order chi connectivity index (χ0) is 20.1. The van der Waals surface area contributed by atoms with Gasteiger partial charge >= 0.3 is 0 Å². The van der Waals surface area contributed by atoms with Gasteiger partial charge in [-0.05, 0) is 43.7 Å². The molecule has 4 rings (SSSR count). The minimum absolute atomic E-state index is 0.0796. The summed E-state index contributed by atoms with van der Waals surface area (Å²) in [6, 6.07) is 9.91. The molecule has 29 heavy (non-hydrogen) atoms. The number of amides is 1. The second-order valence-electron chi connectivity index (χ2n) is 7.33. The Kier molecular flexibility index (Phi) is 5.82. The van der Waals surface area contributed by atoms with Gasteiger partial charge in [-0.1, -0.05) is 6.07 Å². The molecule has 1 aliphatic heterocycles. The Balaban J connectivity index is 1.58. The number of aromatic nitrogens is 3. The first-order valence-corrected chi connectivity index (χ1v) is 10.0. The van der Waals surface area contributed by atoms with Crippen LogP contribution in [0.5, 0.6) is 0 Å². The summed E-state index contributed by atoms with van der Waals surface area (Å²) in [6.07, 6.45) is 6.90. The van der Waals surface area contributed by atoms with E-state index < -0.39 is 0 Å². The molecule has 1 unspecified atom stereocenters. The Morgan fingerprint density at radius 3 is 3.14 bits per heavy atom. The molecular formula is C22H24N6O. The zero-order valence-electron chi connectivity index (χ0n) is 16.3. The summed E-state index contributed by atoms with van der Waals surface area (Å²) in [5.41, 5.74) is 4.57. The van der Waals surface area contributed by atoms with Crippen molar-refractivity contribution in [1.29, 1.82) is 0 Å². The Morgan fingerprint density at radius 1 is 1.38 bits per heavy atom. The van der Waals surface area contributed by atoms with Crippen molar-refractivity contribution < 1.29 is 4.79 Å². The molecular weight excluding hydrogens is 364 g/mol. The van der Waals surface area contributed by atoms with Gasteiger partial charge in [0.1, 0.15) is 0 Å². The topological polar surface area (TPSA) is 75.7 Å². The molecule has 2 N–H and O–H groups in total. The highest BCUT2D eigenvalue weighted by molar-refractivity contribution is 5.92. The highest BCUT2D eigenvalue weighted by atomic mass is 16.1. The van der Waals surface area contributed by atoms with Crippen LogP contribution in [0.3, 0.4) is 0 Å². The van der Waals surface area contributed by atoms with Gasteiger partial charge in [0.15, 0.2) is 0 Å². The molecule has 1 atom stereocenters. The average molecular weight is 388 g/mol. The van der Waals surface area contributed by atoms with Crippen LogP contribution in [0.4, 0.5) is 5.69 Å². The number of hydrogen-bond acceptors (Lipinski definition) is 4. The van der Waals surface area contributed by atoms with E-state index >= 15 is 0 Å². The molecule has 3 aromatic heterocycles. The Labute approximate surface area is 170 Å². The van der Waals surface area contributed by atoms with Crippen molar-refractivity contribution in [2.45, 2.75) is 31.6 Å². The van der Waals surface area contributed by atoms with Crippen LogP contribution in [0.25, 0.3) is 21.6 Å². The molecule has 1 saturated heterocycles. The standard InChI is InChI=1S/C22H24N6O/c1-23-10-4-8-22(29)26-17-9-12-28-21(13-17)18(15-25-28)20-7-2-6-19(27-20)16-5-3-11-24-14-16/h2,6-7,9,12-13,15-16,24H,3-5,8,10-11,14H2,(H,26,29). The molecule has 3 aromatic rings. The summed E-state index contributed by atoms with van der Waals surface area (Å²) in [5, 5.41) is 10.8. The summed E-state index contributed by atoms with van der Waals surface area (Å²) < 4.78 is 1.79. The van der Waals surface area contributed by atoms with Gasteiger partial charge in [0.2, 0.25) is 12.5 Å². The van der Waals surface area contributed by atoms with E-state index in [2.05, 4.69) is 32.7 Å². The lowest BCUT2D eigenvalue weighted by Gasteiger charge is -2.22. The van der Waals surface area contributed by atoms with Gasteiger partial charge < -0.3 is 15.5 Å². The van der Waals surface area contributed by atoms with Crippen molar-refractivity contribution in [2.24, 2.45) is 0 Å². The van der Waals surface area contributed by atoms with Gasteiger partial charge in [0.05, 0.1) is 17.4 Å². The lowest BCUT2D eigenvalue weighted by atomic mass is 9.95. The van der Waals surface area contributed by atoms with Crippen LogP contribution < -0.4 is 10.6 Å². The van der Waals surface area contributed by atoms with Crippen LogP contribution in [-0.2, 0) is 4.79 Å². The summed E-state index contributed by atoms with van der Waals surface area (Å²) in [7, 11) is 0. The maximum atomic E-state index is 12.1. The first kappa shape index (κ1) is 19.1. The van der Waals surface area contributed by atoms with Crippen molar-refractivity contribution in [3.05, 3.63) is 59.8 Å². The molecule has 0 saturated carbocycles. The first-order valence-electron chi connectivity index (χ1n) is 10.0. The Hall–Kier alpha value is -3.24. The van der Waals surface area contributed by atoms with Crippen molar-refractivity contribution in [3.8, 4) is 11.3 Å². The van der Waals surface area contributed by atoms with E-state index in [-0.39, 0.29) is 5.91 Å². The summed E-state index contributed by atoms with van der Waals surface area (Å²) in [6.45, 7) is 9.22. The van der Waals surface area contributed by atoms with Crippen LogP contribution in [0, 0.1) is 6.57 Å². The molecule has 148 valence electrons. The third-order valence-corrected chi connectivity index (χ3v) is 5.24. The van der Waals surface area contributed by atoms with E-state index in [1.165, 1.54) is 6.42 Å². The molecule has 0 aliphatic carbocycles. The summed E-state index contributed by atoms with van der Waals surface area (Å²) in [5.74, 6) is 0.361. The maximum absolute atomic E-state index is 12.1. The average Bonchev–Trinajstić information content (AvgIpc) is 3.18. The fourth-order valence-electron chi connectivity index (χ4n) is 3.73. The third-order valence-electron chi connectivity index (χ3n) is 5.24.